The second-order valence-corrected chi connectivity index (χ2v) is 8.47. The molecule has 0 spiro atoms. The molecule has 2 aromatic rings. The first kappa shape index (κ1) is 25.1. The molecule has 0 aliphatic heterocycles. The van der Waals surface area contributed by atoms with E-state index in [0.29, 0.717) is 0 Å². The quantitative estimate of drug-likeness (QED) is 0.174. The molecule has 170 valence electrons. The SMILES string of the molecule is CCCCCCCCCCCCCCCCOc1ccc(/N=N/c2ccccc2)cc1. The predicted octanol–water partition coefficient (Wildman–Crippen LogP) is 9.96. The lowest BCUT2D eigenvalue weighted by Gasteiger charge is -2.06. The highest BCUT2D eigenvalue weighted by atomic mass is 16.5. The van der Waals surface area contributed by atoms with Gasteiger partial charge in [0.25, 0.3) is 0 Å². The molecule has 3 nitrogen and oxygen atoms in total. The second kappa shape index (κ2) is 17.5. The van der Waals surface area contributed by atoms with E-state index < -0.39 is 0 Å². The normalized spacial score (nSPS) is 11.3. The number of hydrogen-bond acceptors (Lipinski definition) is 3. The molecule has 0 aliphatic carbocycles. The molecule has 0 heterocycles. The Kier molecular flexibility index (Phi) is 14.2. The van der Waals surface area contributed by atoms with Gasteiger partial charge in [-0.3, -0.25) is 0 Å². The number of ether oxygens (including phenoxy) is 1. The van der Waals surface area contributed by atoms with E-state index in [-0.39, 0.29) is 0 Å². The summed E-state index contributed by atoms with van der Waals surface area (Å²) in [6, 6.07) is 17.6. The van der Waals surface area contributed by atoms with Crippen LogP contribution in [-0.4, -0.2) is 6.61 Å². The highest BCUT2D eigenvalue weighted by Gasteiger charge is 1.97. The third kappa shape index (κ3) is 13.0. The molecule has 0 saturated heterocycles. The molecule has 0 saturated carbocycles. The van der Waals surface area contributed by atoms with Crippen molar-refractivity contribution in [3.8, 4) is 5.75 Å². The van der Waals surface area contributed by atoms with Gasteiger partial charge < -0.3 is 4.74 Å². The van der Waals surface area contributed by atoms with Crippen LogP contribution < -0.4 is 4.74 Å². The van der Waals surface area contributed by atoms with Crippen LogP contribution in [-0.2, 0) is 0 Å². The summed E-state index contributed by atoms with van der Waals surface area (Å²) in [5.41, 5.74) is 1.70. The summed E-state index contributed by atoms with van der Waals surface area (Å²) in [7, 11) is 0. The van der Waals surface area contributed by atoms with Gasteiger partial charge in [0.15, 0.2) is 0 Å². The fraction of sp³-hybridized carbons (Fsp3) is 0.571. The van der Waals surface area contributed by atoms with Crippen LogP contribution in [0.5, 0.6) is 5.75 Å². The van der Waals surface area contributed by atoms with Crippen molar-refractivity contribution in [2.24, 2.45) is 10.2 Å². The number of rotatable bonds is 18. The van der Waals surface area contributed by atoms with Crippen LogP contribution in [0, 0.1) is 0 Å². The molecule has 0 aliphatic rings. The van der Waals surface area contributed by atoms with Crippen LogP contribution in [0.25, 0.3) is 0 Å². The summed E-state index contributed by atoms with van der Waals surface area (Å²) in [4.78, 5) is 0. The molecule has 3 heteroatoms. The van der Waals surface area contributed by atoms with Gasteiger partial charge in [-0.2, -0.15) is 10.2 Å². The van der Waals surface area contributed by atoms with Crippen molar-refractivity contribution in [3.05, 3.63) is 54.6 Å². The minimum atomic E-state index is 0.795. The van der Waals surface area contributed by atoms with Crippen molar-refractivity contribution in [3.63, 3.8) is 0 Å². The summed E-state index contributed by atoms with van der Waals surface area (Å²) in [6.07, 6.45) is 19.3. The highest BCUT2D eigenvalue weighted by molar-refractivity contribution is 5.42. The van der Waals surface area contributed by atoms with E-state index >= 15 is 0 Å². The van der Waals surface area contributed by atoms with Crippen molar-refractivity contribution in [2.75, 3.05) is 6.61 Å². The van der Waals surface area contributed by atoms with Gasteiger partial charge in [-0.05, 0) is 42.8 Å². The molecule has 0 N–H and O–H groups in total. The Balaban J connectivity index is 1.41. The number of unbranched alkanes of at least 4 members (excludes halogenated alkanes) is 13. The molecule has 0 atom stereocenters. The predicted molar refractivity (Wildman–Crippen MR) is 133 cm³/mol. The molecule has 0 radical (unpaired) electrons. The Morgan fingerprint density at radius 3 is 1.48 bits per heavy atom. The van der Waals surface area contributed by atoms with Gasteiger partial charge in [0.2, 0.25) is 0 Å². The second-order valence-electron chi connectivity index (χ2n) is 8.47. The third-order valence-corrected chi connectivity index (χ3v) is 5.64. The first-order valence-electron chi connectivity index (χ1n) is 12.6. The van der Waals surface area contributed by atoms with Crippen molar-refractivity contribution in [2.45, 2.75) is 96.8 Å². The average Bonchev–Trinajstić information content (AvgIpc) is 2.81. The molecule has 0 amide bonds. The maximum absolute atomic E-state index is 5.86. The first-order valence-corrected chi connectivity index (χ1v) is 12.6. The van der Waals surface area contributed by atoms with Gasteiger partial charge in [-0.25, -0.2) is 0 Å². The topological polar surface area (TPSA) is 34.0 Å². The van der Waals surface area contributed by atoms with Crippen LogP contribution in [0.1, 0.15) is 96.8 Å². The van der Waals surface area contributed by atoms with Crippen LogP contribution in [0.2, 0.25) is 0 Å². The molecular weight excluding hydrogens is 380 g/mol. The van der Waals surface area contributed by atoms with E-state index in [1.165, 1.54) is 83.5 Å². The van der Waals surface area contributed by atoms with Crippen molar-refractivity contribution in [1.29, 1.82) is 0 Å². The van der Waals surface area contributed by atoms with Crippen LogP contribution >= 0.6 is 0 Å². The van der Waals surface area contributed by atoms with Crippen molar-refractivity contribution in [1.82, 2.24) is 0 Å². The lowest BCUT2D eigenvalue weighted by Crippen LogP contribution is -1.96. The van der Waals surface area contributed by atoms with Crippen LogP contribution in [0.15, 0.2) is 64.8 Å². The van der Waals surface area contributed by atoms with E-state index in [1.807, 2.05) is 54.6 Å². The van der Waals surface area contributed by atoms with Gasteiger partial charge in [-0.15, -0.1) is 0 Å². The zero-order chi connectivity index (χ0) is 21.8. The van der Waals surface area contributed by atoms with Gasteiger partial charge in [-0.1, -0.05) is 109 Å². The summed E-state index contributed by atoms with van der Waals surface area (Å²) < 4.78 is 5.86. The van der Waals surface area contributed by atoms with Gasteiger partial charge >= 0.3 is 0 Å². The monoisotopic (exact) mass is 422 g/mol. The number of benzene rings is 2. The Hall–Kier alpha value is -2.16. The maximum Gasteiger partial charge on any atom is 0.119 e. The molecule has 31 heavy (non-hydrogen) atoms. The minimum absolute atomic E-state index is 0.795. The highest BCUT2D eigenvalue weighted by Crippen LogP contribution is 2.21. The molecular formula is C28H42N2O. The zero-order valence-corrected chi connectivity index (χ0v) is 19.6. The number of hydrogen-bond donors (Lipinski definition) is 0. The maximum atomic E-state index is 5.86. The lowest BCUT2D eigenvalue weighted by molar-refractivity contribution is 0.304. The Labute approximate surface area is 190 Å². The Morgan fingerprint density at radius 2 is 0.968 bits per heavy atom. The summed E-state index contributed by atoms with van der Waals surface area (Å²) in [5.74, 6) is 0.911. The fourth-order valence-electron chi connectivity index (χ4n) is 3.71. The van der Waals surface area contributed by atoms with E-state index in [4.69, 9.17) is 4.74 Å². The van der Waals surface area contributed by atoms with E-state index in [0.717, 1.165) is 30.2 Å². The van der Waals surface area contributed by atoms with Crippen molar-refractivity contribution >= 4 is 11.4 Å². The van der Waals surface area contributed by atoms with E-state index in [9.17, 15) is 0 Å². The lowest BCUT2D eigenvalue weighted by atomic mass is 10.0. The number of nitrogens with zero attached hydrogens (tertiary/aromatic N) is 2. The summed E-state index contributed by atoms with van der Waals surface area (Å²) in [6.45, 7) is 3.08. The smallest absolute Gasteiger partial charge is 0.119 e. The molecule has 0 aromatic heterocycles. The average molecular weight is 423 g/mol. The summed E-state index contributed by atoms with van der Waals surface area (Å²) >= 11 is 0. The Bertz CT molecular complexity index is 682. The van der Waals surface area contributed by atoms with E-state index in [1.54, 1.807) is 0 Å². The molecule has 0 fully saturated rings. The molecule has 2 rings (SSSR count). The fourth-order valence-corrected chi connectivity index (χ4v) is 3.71. The third-order valence-electron chi connectivity index (χ3n) is 5.64. The minimum Gasteiger partial charge on any atom is -0.494 e. The van der Waals surface area contributed by atoms with Crippen molar-refractivity contribution < 1.29 is 4.74 Å². The first-order chi connectivity index (χ1) is 15.4. The standard InChI is InChI=1S/C28H42N2O/c1-2-3-4-5-6-7-8-9-10-11-12-13-14-18-25-31-28-23-21-27(22-24-28)30-29-26-19-16-15-17-20-26/h15-17,19-24H,2-14,18,25H2,1H3/b30-29+. The van der Waals surface area contributed by atoms with Crippen LogP contribution in [0.3, 0.4) is 0 Å². The van der Waals surface area contributed by atoms with E-state index in [2.05, 4.69) is 17.2 Å². The Morgan fingerprint density at radius 1 is 0.516 bits per heavy atom. The number of azo groups is 1. The molecule has 0 unspecified atom stereocenters. The molecule has 2 aromatic carbocycles. The van der Waals surface area contributed by atoms with Gasteiger partial charge in [0.05, 0.1) is 18.0 Å². The van der Waals surface area contributed by atoms with Crippen LogP contribution in [0.4, 0.5) is 11.4 Å². The zero-order valence-electron chi connectivity index (χ0n) is 19.6. The molecule has 0 bridgehead atoms. The van der Waals surface area contributed by atoms with Gasteiger partial charge in [0, 0.05) is 0 Å². The summed E-state index contributed by atoms with van der Waals surface area (Å²) in [5, 5.41) is 8.50. The largest absolute Gasteiger partial charge is 0.494 e. The van der Waals surface area contributed by atoms with Gasteiger partial charge in [0.1, 0.15) is 5.75 Å².